The lowest BCUT2D eigenvalue weighted by atomic mass is 10.0. The molecule has 0 unspecified atom stereocenters. The Hall–Kier alpha value is -4.81. The lowest BCUT2D eigenvalue weighted by Gasteiger charge is -2.35. The van der Waals surface area contributed by atoms with Crippen molar-refractivity contribution >= 4 is 35.0 Å². The van der Waals surface area contributed by atoms with Crippen LogP contribution < -0.4 is 25.4 Å². The molecule has 0 spiro atoms. The van der Waals surface area contributed by atoms with Crippen LogP contribution in [0.15, 0.2) is 72.8 Å². The van der Waals surface area contributed by atoms with Gasteiger partial charge in [-0.2, -0.15) is 0 Å². The third-order valence-corrected chi connectivity index (χ3v) is 8.48. The van der Waals surface area contributed by atoms with E-state index in [0.717, 1.165) is 19.3 Å². The van der Waals surface area contributed by atoms with Crippen LogP contribution in [0.1, 0.15) is 50.4 Å². The Labute approximate surface area is 288 Å². The van der Waals surface area contributed by atoms with Gasteiger partial charge in [-0.25, -0.2) is 9.59 Å². The summed E-state index contributed by atoms with van der Waals surface area (Å²) in [4.78, 5) is 43.5. The number of aliphatic hydroxyl groups is 1. The Morgan fingerprint density at radius 1 is 0.980 bits per heavy atom. The minimum absolute atomic E-state index is 0.196. The summed E-state index contributed by atoms with van der Waals surface area (Å²) in [5.74, 6) is 0.483. The van der Waals surface area contributed by atoms with Crippen molar-refractivity contribution in [1.29, 1.82) is 0 Å². The molecule has 12 nitrogen and oxygen atoms in total. The number of nitrogens with zero attached hydrogens (tertiary/aromatic N) is 2. The lowest BCUT2D eigenvalue weighted by Crippen LogP contribution is -2.48. The topological polar surface area (TPSA) is 142 Å². The van der Waals surface area contributed by atoms with E-state index in [1.54, 1.807) is 73.3 Å². The highest BCUT2D eigenvalue weighted by Gasteiger charge is 2.31. The SMILES string of the molecule is COc1ccc(NC(=O)Nc2ccc3c(c2)C(=O)N([C@H](C)CO)C[C@H](C)[C@@H](CN(C)C(=O)Nc2ccccc2)OCCCC[C@H](C)O3)cc1. The molecule has 264 valence electrons. The third-order valence-electron chi connectivity index (χ3n) is 8.48. The molecule has 0 saturated heterocycles. The van der Waals surface area contributed by atoms with E-state index in [1.165, 1.54) is 0 Å². The van der Waals surface area contributed by atoms with Gasteiger partial charge < -0.3 is 45.1 Å². The van der Waals surface area contributed by atoms with Crippen LogP contribution in [0.2, 0.25) is 0 Å². The number of amides is 5. The van der Waals surface area contributed by atoms with E-state index in [9.17, 15) is 19.5 Å². The first-order chi connectivity index (χ1) is 23.6. The molecule has 1 heterocycles. The predicted molar refractivity (Wildman–Crippen MR) is 191 cm³/mol. The largest absolute Gasteiger partial charge is 0.497 e. The molecule has 12 heteroatoms. The zero-order chi connectivity index (χ0) is 35.3. The van der Waals surface area contributed by atoms with Gasteiger partial charge in [0.1, 0.15) is 11.5 Å². The normalized spacial score (nSPS) is 19.3. The average molecular weight is 676 g/mol. The Kier molecular flexibility index (Phi) is 13.7. The molecule has 4 rings (SSSR count). The molecule has 0 aliphatic carbocycles. The smallest absolute Gasteiger partial charge is 0.323 e. The van der Waals surface area contributed by atoms with Gasteiger partial charge >= 0.3 is 12.1 Å². The van der Waals surface area contributed by atoms with Crippen LogP contribution in [-0.4, -0.2) is 91.6 Å². The number of likely N-dealkylation sites (N-methyl/N-ethyl adjacent to an activating group) is 1. The monoisotopic (exact) mass is 675 g/mol. The Morgan fingerprint density at radius 2 is 1.65 bits per heavy atom. The maximum absolute atomic E-state index is 14.4. The number of urea groups is 2. The van der Waals surface area contributed by atoms with Gasteiger partial charge in [0.15, 0.2) is 0 Å². The summed E-state index contributed by atoms with van der Waals surface area (Å²) >= 11 is 0. The van der Waals surface area contributed by atoms with Crippen molar-refractivity contribution in [3.8, 4) is 11.5 Å². The number of nitrogens with one attached hydrogen (secondary N) is 3. The third kappa shape index (κ3) is 10.8. The molecule has 0 aromatic heterocycles. The summed E-state index contributed by atoms with van der Waals surface area (Å²) < 4.78 is 17.8. The van der Waals surface area contributed by atoms with E-state index < -0.39 is 18.2 Å². The predicted octanol–water partition coefficient (Wildman–Crippen LogP) is 6.30. The van der Waals surface area contributed by atoms with Crippen LogP contribution in [0.3, 0.4) is 0 Å². The highest BCUT2D eigenvalue weighted by atomic mass is 16.5. The number of methoxy groups -OCH3 is 1. The molecule has 5 amide bonds. The molecule has 0 bridgehead atoms. The van der Waals surface area contributed by atoms with Crippen molar-refractivity contribution in [1.82, 2.24) is 9.80 Å². The number of hydrogen-bond acceptors (Lipinski definition) is 7. The van der Waals surface area contributed by atoms with Crippen molar-refractivity contribution in [3.63, 3.8) is 0 Å². The van der Waals surface area contributed by atoms with Gasteiger partial charge in [0.25, 0.3) is 5.91 Å². The number of hydrogen-bond donors (Lipinski definition) is 4. The molecule has 1 aliphatic heterocycles. The quantitative estimate of drug-likeness (QED) is 0.220. The summed E-state index contributed by atoms with van der Waals surface area (Å²) in [5, 5.41) is 18.7. The summed E-state index contributed by atoms with van der Waals surface area (Å²) in [6.07, 6.45) is 1.79. The Morgan fingerprint density at radius 3 is 2.35 bits per heavy atom. The van der Waals surface area contributed by atoms with Gasteiger partial charge in [-0.05, 0) is 87.7 Å². The van der Waals surface area contributed by atoms with Crippen molar-refractivity contribution in [2.75, 3.05) is 56.4 Å². The van der Waals surface area contributed by atoms with Gasteiger partial charge in [0.05, 0.1) is 37.5 Å². The van der Waals surface area contributed by atoms with Crippen molar-refractivity contribution < 1.29 is 33.7 Å². The minimum atomic E-state index is -0.539. The number of benzene rings is 3. The second-order valence-corrected chi connectivity index (χ2v) is 12.5. The summed E-state index contributed by atoms with van der Waals surface area (Å²) in [6, 6.07) is 19.8. The van der Waals surface area contributed by atoms with Crippen molar-refractivity contribution in [3.05, 3.63) is 78.4 Å². The molecule has 0 saturated carbocycles. The average Bonchev–Trinajstić information content (AvgIpc) is 3.10. The van der Waals surface area contributed by atoms with Crippen molar-refractivity contribution in [2.24, 2.45) is 5.92 Å². The van der Waals surface area contributed by atoms with Gasteiger partial charge in [-0.3, -0.25) is 4.79 Å². The molecule has 3 aromatic rings. The molecular formula is C37H49N5O7. The van der Waals surface area contributed by atoms with Crippen LogP contribution in [0.25, 0.3) is 0 Å². The Bertz CT molecular complexity index is 1520. The van der Waals surface area contributed by atoms with Gasteiger partial charge in [0, 0.05) is 49.7 Å². The highest BCUT2D eigenvalue weighted by molar-refractivity contribution is 6.02. The first-order valence-electron chi connectivity index (χ1n) is 16.7. The fourth-order valence-electron chi connectivity index (χ4n) is 5.52. The van der Waals surface area contributed by atoms with Crippen LogP contribution in [0, 0.1) is 5.92 Å². The fraction of sp³-hybridized carbons (Fsp3) is 0.432. The maximum Gasteiger partial charge on any atom is 0.323 e. The highest BCUT2D eigenvalue weighted by Crippen LogP contribution is 2.29. The van der Waals surface area contributed by atoms with Crippen LogP contribution in [0.4, 0.5) is 26.7 Å². The second kappa shape index (κ2) is 18.1. The second-order valence-electron chi connectivity index (χ2n) is 12.5. The van der Waals surface area contributed by atoms with E-state index in [0.29, 0.717) is 41.7 Å². The minimum Gasteiger partial charge on any atom is -0.497 e. The molecule has 1 aliphatic rings. The van der Waals surface area contributed by atoms with Gasteiger partial charge in [-0.1, -0.05) is 25.1 Å². The molecule has 0 fully saturated rings. The van der Waals surface area contributed by atoms with Gasteiger partial charge in [0.2, 0.25) is 0 Å². The number of anilines is 3. The number of para-hydroxylation sites is 1. The molecule has 4 atom stereocenters. The first kappa shape index (κ1) is 37.0. The number of rotatable bonds is 8. The zero-order valence-electron chi connectivity index (χ0n) is 29.0. The molecule has 4 N–H and O–H groups in total. The number of carbonyl (C=O) groups excluding carboxylic acids is 3. The number of aliphatic hydroxyl groups excluding tert-OH is 1. The molecule has 49 heavy (non-hydrogen) atoms. The summed E-state index contributed by atoms with van der Waals surface area (Å²) in [7, 11) is 3.28. The van der Waals surface area contributed by atoms with E-state index in [1.807, 2.05) is 44.2 Å². The lowest BCUT2D eigenvalue weighted by molar-refractivity contribution is -0.0115. The molecule has 0 radical (unpaired) electrons. The number of ether oxygens (including phenoxy) is 3. The van der Waals surface area contributed by atoms with E-state index in [-0.39, 0.29) is 42.7 Å². The number of fused-ring (bicyclic) bond motifs is 1. The van der Waals surface area contributed by atoms with E-state index in [4.69, 9.17) is 14.2 Å². The van der Waals surface area contributed by atoms with Crippen LogP contribution >= 0.6 is 0 Å². The zero-order valence-corrected chi connectivity index (χ0v) is 29.0. The van der Waals surface area contributed by atoms with E-state index in [2.05, 4.69) is 16.0 Å². The molecular weight excluding hydrogens is 626 g/mol. The van der Waals surface area contributed by atoms with Crippen LogP contribution in [-0.2, 0) is 4.74 Å². The van der Waals surface area contributed by atoms with Gasteiger partial charge in [-0.15, -0.1) is 0 Å². The first-order valence-corrected chi connectivity index (χ1v) is 16.7. The van der Waals surface area contributed by atoms with Crippen molar-refractivity contribution in [2.45, 2.75) is 58.3 Å². The maximum atomic E-state index is 14.4. The Balaban J connectivity index is 1.57. The summed E-state index contributed by atoms with van der Waals surface area (Å²) in [6.45, 7) is 6.46. The molecule has 3 aromatic carbocycles. The fourth-order valence-corrected chi connectivity index (χ4v) is 5.52. The van der Waals surface area contributed by atoms with Crippen LogP contribution in [0.5, 0.6) is 11.5 Å². The summed E-state index contributed by atoms with van der Waals surface area (Å²) in [5.41, 5.74) is 1.92. The van der Waals surface area contributed by atoms with E-state index >= 15 is 0 Å². The standard InChI is InChI=1S/C37H49N5O7/c1-25-22-42(26(2)24-43)35(44)32-21-30(39-36(45)38-29-14-17-31(47-5)18-15-29)16-19-33(32)49-27(3)11-9-10-20-48-34(25)23-41(4)37(46)40-28-12-7-6-8-13-28/h6-8,12-19,21,25-27,34,43H,9-11,20,22-24H2,1-5H3,(H,40,46)(H2,38,39,45)/t25-,26+,27-,34+/m0/s1. The number of carbonyl (C=O) groups is 3.